The van der Waals surface area contributed by atoms with Gasteiger partial charge in [0.2, 0.25) is 11.8 Å². The summed E-state index contributed by atoms with van der Waals surface area (Å²) in [6.45, 7) is 3.94. The van der Waals surface area contributed by atoms with Crippen LogP contribution in [0.3, 0.4) is 0 Å². The molecule has 1 atom stereocenters. The Balaban J connectivity index is 1.56. The molecule has 2 aliphatic heterocycles. The highest BCUT2D eigenvalue weighted by Gasteiger charge is 2.31. The Kier molecular flexibility index (Phi) is 5.13. The number of carbonyl (C=O) groups is 2. The SMILES string of the molecule is O=C1CCC(C(=O)N2CCCN(Cc3ccncc3Cl)CC2)N1. The van der Waals surface area contributed by atoms with Crippen LogP contribution in [0.4, 0.5) is 0 Å². The number of nitrogens with zero attached hydrogens (tertiary/aromatic N) is 3. The van der Waals surface area contributed by atoms with Crippen LogP contribution in [0.2, 0.25) is 5.02 Å². The van der Waals surface area contributed by atoms with Crippen LogP contribution in [-0.2, 0) is 16.1 Å². The number of nitrogens with one attached hydrogen (secondary N) is 1. The molecule has 0 bridgehead atoms. The third-order valence-corrected chi connectivity index (χ3v) is 4.78. The second kappa shape index (κ2) is 7.27. The Hall–Kier alpha value is -1.66. The van der Waals surface area contributed by atoms with Crippen molar-refractivity contribution < 1.29 is 9.59 Å². The zero-order valence-electron chi connectivity index (χ0n) is 13.0. The summed E-state index contributed by atoms with van der Waals surface area (Å²) in [5.74, 6) is 0.0340. The monoisotopic (exact) mass is 336 g/mol. The van der Waals surface area contributed by atoms with Crippen molar-refractivity contribution in [1.29, 1.82) is 0 Å². The lowest BCUT2D eigenvalue weighted by molar-refractivity contribution is -0.134. The molecule has 1 aromatic heterocycles. The van der Waals surface area contributed by atoms with E-state index in [1.807, 2.05) is 11.0 Å². The number of aromatic nitrogens is 1. The van der Waals surface area contributed by atoms with Gasteiger partial charge in [0, 0.05) is 51.5 Å². The van der Waals surface area contributed by atoms with E-state index in [-0.39, 0.29) is 17.9 Å². The Bertz CT molecular complexity index is 595. The van der Waals surface area contributed by atoms with Gasteiger partial charge in [-0.05, 0) is 24.5 Å². The summed E-state index contributed by atoms with van der Waals surface area (Å²) in [6, 6.07) is 1.60. The summed E-state index contributed by atoms with van der Waals surface area (Å²) in [6.07, 6.45) is 5.40. The molecule has 0 radical (unpaired) electrons. The lowest BCUT2D eigenvalue weighted by Gasteiger charge is -2.24. The van der Waals surface area contributed by atoms with E-state index in [9.17, 15) is 9.59 Å². The predicted molar refractivity (Wildman–Crippen MR) is 86.9 cm³/mol. The zero-order valence-corrected chi connectivity index (χ0v) is 13.8. The Morgan fingerprint density at radius 1 is 1.35 bits per heavy atom. The molecule has 7 heteroatoms. The first-order valence-electron chi connectivity index (χ1n) is 8.02. The number of halogens is 1. The number of hydrogen-bond acceptors (Lipinski definition) is 4. The van der Waals surface area contributed by atoms with Crippen molar-refractivity contribution >= 4 is 23.4 Å². The quantitative estimate of drug-likeness (QED) is 0.896. The van der Waals surface area contributed by atoms with E-state index in [0.29, 0.717) is 24.4 Å². The van der Waals surface area contributed by atoms with Crippen LogP contribution >= 0.6 is 11.6 Å². The predicted octanol–water partition coefficient (Wildman–Crippen LogP) is 1.05. The average molecular weight is 337 g/mol. The number of pyridine rings is 1. The lowest BCUT2D eigenvalue weighted by Crippen LogP contribution is -2.45. The maximum absolute atomic E-state index is 12.5. The first kappa shape index (κ1) is 16.2. The van der Waals surface area contributed by atoms with Gasteiger partial charge in [0.15, 0.2) is 0 Å². The molecule has 6 nitrogen and oxygen atoms in total. The summed E-state index contributed by atoms with van der Waals surface area (Å²) in [7, 11) is 0. The van der Waals surface area contributed by atoms with Crippen molar-refractivity contribution in [2.24, 2.45) is 0 Å². The van der Waals surface area contributed by atoms with E-state index < -0.39 is 0 Å². The van der Waals surface area contributed by atoms with Crippen molar-refractivity contribution in [3.05, 3.63) is 29.0 Å². The normalized spacial score (nSPS) is 22.7. The van der Waals surface area contributed by atoms with Crippen LogP contribution in [0.5, 0.6) is 0 Å². The van der Waals surface area contributed by atoms with E-state index in [1.54, 1.807) is 12.4 Å². The van der Waals surface area contributed by atoms with Gasteiger partial charge in [-0.3, -0.25) is 19.5 Å². The van der Waals surface area contributed by atoms with Crippen molar-refractivity contribution in [1.82, 2.24) is 20.1 Å². The number of amides is 2. The van der Waals surface area contributed by atoms with Gasteiger partial charge in [-0.2, -0.15) is 0 Å². The standard InChI is InChI=1S/C16H21ClN4O2/c17-13-10-18-5-4-12(13)11-20-6-1-7-21(9-8-20)16(23)14-2-3-15(22)19-14/h4-5,10,14H,1-3,6-9,11H2,(H,19,22). The molecule has 2 amide bonds. The molecular formula is C16H21ClN4O2. The maximum Gasteiger partial charge on any atom is 0.245 e. The van der Waals surface area contributed by atoms with Crippen molar-refractivity contribution in [3.8, 4) is 0 Å². The van der Waals surface area contributed by atoms with E-state index >= 15 is 0 Å². The molecule has 0 spiro atoms. The van der Waals surface area contributed by atoms with Gasteiger partial charge < -0.3 is 10.2 Å². The molecule has 3 heterocycles. The third-order valence-electron chi connectivity index (χ3n) is 4.44. The van der Waals surface area contributed by atoms with E-state index in [4.69, 9.17) is 11.6 Å². The van der Waals surface area contributed by atoms with Crippen LogP contribution in [0, 0.1) is 0 Å². The van der Waals surface area contributed by atoms with E-state index in [1.165, 1.54) is 0 Å². The minimum Gasteiger partial charge on any atom is -0.344 e. The maximum atomic E-state index is 12.5. The summed E-state index contributed by atoms with van der Waals surface area (Å²) in [4.78, 5) is 32.0. The molecule has 1 aromatic rings. The second-order valence-electron chi connectivity index (χ2n) is 6.08. The van der Waals surface area contributed by atoms with Crippen LogP contribution in [0.25, 0.3) is 0 Å². The van der Waals surface area contributed by atoms with Crippen LogP contribution < -0.4 is 5.32 Å². The van der Waals surface area contributed by atoms with Gasteiger partial charge >= 0.3 is 0 Å². The number of rotatable bonds is 3. The Morgan fingerprint density at radius 3 is 2.96 bits per heavy atom. The fourth-order valence-corrected chi connectivity index (χ4v) is 3.32. The van der Waals surface area contributed by atoms with Gasteiger partial charge in [-0.25, -0.2) is 0 Å². The van der Waals surface area contributed by atoms with Gasteiger partial charge in [-0.1, -0.05) is 11.6 Å². The van der Waals surface area contributed by atoms with E-state index in [2.05, 4.69) is 15.2 Å². The molecule has 0 aliphatic carbocycles. The molecule has 0 saturated carbocycles. The lowest BCUT2D eigenvalue weighted by atomic mass is 10.2. The largest absolute Gasteiger partial charge is 0.344 e. The van der Waals surface area contributed by atoms with Gasteiger partial charge in [-0.15, -0.1) is 0 Å². The molecule has 3 rings (SSSR count). The molecular weight excluding hydrogens is 316 g/mol. The van der Waals surface area contributed by atoms with Crippen molar-refractivity contribution in [2.75, 3.05) is 26.2 Å². The van der Waals surface area contributed by atoms with Crippen LogP contribution in [0.15, 0.2) is 18.5 Å². The summed E-state index contributed by atoms with van der Waals surface area (Å²) in [5, 5.41) is 3.44. The molecule has 2 saturated heterocycles. The fourth-order valence-electron chi connectivity index (χ4n) is 3.14. The number of carbonyl (C=O) groups excluding carboxylic acids is 2. The Labute approximate surface area is 140 Å². The van der Waals surface area contributed by atoms with Crippen molar-refractivity contribution in [2.45, 2.75) is 31.8 Å². The first-order valence-corrected chi connectivity index (χ1v) is 8.40. The van der Waals surface area contributed by atoms with Gasteiger partial charge in [0.1, 0.15) is 6.04 Å². The molecule has 1 unspecified atom stereocenters. The smallest absolute Gasteiger partial charge is 0.245 e. The molecule has 124 valence electrons. The highest BCUT2D eigenvalue weighted by molar-refractivity contribution is 6.31. The molecule has 2 aliphatic rings. The zero-order chi connectivity index (χ0) is 16.2. The molecule has 0 aromatic carbocycles. The molecule has 1 N–H and O–H groups in total. The topological polar surface area (TPSA) is 65.5 Å². The summed E-state index contributed by atoms with van der Waals surface area (Å²) < 4.78 is 0. The summed E-state index contributed by atoms with van der Waals surface area (Å²) >= 11 is 6.17. The van der Waals surface area contributed by atoms with Crippen LogP contribution in [-0.4, -0.2) is 58.8 Å². The highest BCUT2D eigenvalue weighted by atomic mass is 35.5. The van der Waals surface area contributed by atoms with Gasteiger partial charge in [0.25, 0.3) is 0 Å². The highest BCUT2D eigenvalue weighted by Crippen LogP contribution is 2.17. The second-order valence-corrected chi connectivity index (χ2v) is 6.49. The molecule has 23 heavy (non-hydrogen) atoms. The third kappa shape index (κ3) is 4.00. The summed E-state index contributed by atoms with van der Waals surface area (Å²) in [5.41, 5.74) is 1.06. The van der Waals surface area contributed by atoms with Gasteiger partial charge in [0.05, 0.1) is 5.02 Å². The fraction of sp³-hybridized carbons (Fsp3) is 0.562. The minimum atomic E-state index is -0.330. The van der Waals surface area contributed by atoms with Crippen LogP contribution in [0.1, 0.15) is 24.8 Å². The Morgan fingerprint density at radius 2 is 2.22 bits per heavy atom. The minimum absolute atomic E-state index is 0.0212. The van der Waals surface area contributed by atoms with Crippen molar-refractivity contribution in [3.63, 3.8) is 0 Å². The average Bonchev–Trinajstić information content (AvgIpc) is 2.84. The molecule has 2 fully saturated rings. The van der Waals surface area contributed by atoms with E-state index in [0.717, 1.165) is 38.2 Å². The first-order chi connectivity index (χ1) is 11.1. The number of hydrogen-bond donors (Lipinski definition) is 1.